The fourth-order valence-electron chi connectivity index (χ4n) is 2.12. The number of rotatable bonds is 4. The molecule has 1 heterocycles. The Morgan fingerprint density at radius 1 is 1.15 bits per heavy atom. The van der Waals surface area contributed by atoms with Gasteiger partial charge >= 0.3 is 5.69 Å². The number of nitrogens with zero attached hydrogens (tertiary/aromatic N) is 2. The van der Waals surface area contributed by atoms with Crippen LogP contribution in [0.1, 0.15) is 25.5 Å². The quantitative estimate of drug-likeness (QED) is 0.861. The fraction of sp³-hybridized carbons (Fsp3) is 0.333. The molecule has 20 heavy (non-hydrogen) atoms. The number of aromatic nitrogens is 2. The van der Waals surface area contributed by atoms with Gasteiger partial charge in [-0.3, -0.25) is 13.9 Å². The van der Waals surface area contributed by atoms with Crippen LogP contribution in [-0.2, 0) is 6.54 Å². The second kappa shape index (κ2) is 6.22. The normalized spacial score (nSPS) is 10.8. The van der Waals surface area contributed by atoms with Crippen molar-refractivity contribution in [3.63, 3.8) is 0 Å². The molecule has 0 radical (unpaired) electrons. The van der Waals surface area contributed by atoms with Crippen molar-refractivity contribution in [2.45, 2.75) is 33.2 Å². The summed E-state index contributed by atoms with van der Waals surface area (Å²) < 4.78 is 3.31. The molecule has 0 saturated heterocycles. The van der Waals surface area contributed by atoms with Crippen LogP contribution in [0.3, 0.4) is 0 Å². The fourth-order valence-corrected chi connectivity index (χ4v) is 2.51. The van der Waals surface area contributed by atoms with E-state index in [9.17, 15) is 9.59 Å². The molecule has 4 nitrogen and oxygen atoms in total. The van der Waals surface area contributed by atoms with Gasteiger partial charge in [-0.25, -0.2) is 4.79 Å². The Labute approximate surface area is 125 Å². The minimum absolute atomic E-state index is 0.256. The van der Waals surface area contributed by atoms with Gasteiger partial charge in [0.2, 0.25) is 0 Å². The second-order valence-corrected chi connectivity index (χ2v) is 5.46. The maximum atomic E-state index is 12.6. The van der Waals surface area contributed by atoms with E-state index in [0.29, 0.717) is 16.7 Å². The van der Waals surface area contributed by atoms with Crippen molar-refractivity contribution in [1.29, 1.82) is 0 Å². The molecule has 0 atom stereocenters. The van der Waals surface area contributed by atoms with Crippen LogP contribution in [0.15, 0.2) is 44.4 Å². The minimum atomic E-state index is -0.282. The van der Waals surface area contributed by atoms with Gasteiger partial charge in [0.1, 0.15) is 4.47 Å². The van der Waals surface area contributed by atoms with Gasteiger partial charge in [0.05, 0.1) is 5.69 Å². The summed E-state index contributed by atoms with van der Waals surface area (Å²) >= 11 is 3.31. The first-order valence-corrected chi connectivity index (χ1v) is 7.44. The van der Waals surface area contributed by atoms with Crippen molar-refractivity contribution in [2.24, 2.45) is 0 Å². The molecule has 0 bridgehead atoms. The molecule has 0 amide bonds. The van der Waals surface area contributed by atoms with E-state index in [-0.39, 0.29) is 11.2 Å². The highest BCUT2D eigenvalue weighted by atomic mass is 79.9. The molecule has 0 saturated carbocycles. The molecule has 1 aromatic heterocycles. The summed E-state index contributed by atoms with van der Waals surface area (Å²) in [4.78, 5) is 24.8. The first-order chi connectivity index (χ1) is 9.57. The first kappa shape index (κ1) is 14.8. The van der Waals surface area contributed by atoms with E-state index in [0.717, 1.165) is 18.5 Å². The van der Waals surface area contributed by atoms with Crippen LogP contribution in [0, 0.1) is 6.92 Å². The van der Waals surface area contributed by atoms with E-state index < -0.39 is 0 Å². The monoisotopic (exact) mass is 336 g/mol. The van der Waals surface area contributed by atoms with E-state index in [4.69, 9.17) is 0 Å². The summed E-state index contributed by atoms with van der Waals surface area (Å²) in [7, 11) is 0. The lowest BCUT2D eigenvalue weighted by molar-refractivity contribution is 0.562. The van der Waals surface area contributed by atoms with Crippen molar-refractivity contribution in [2.75, 3.05) is 0 Å². The third kappa shape index (κ3) is 2.63. The Hall–Kier alpha value is -1.62. The lowest BCUT2D eigenvalue weighted by Crippen LogP contribution is -2.41. The standard InChI is InChI=1S/C15H17BrN2O2/c1-3-4-10-17-14(19)13(16)11(2)18(15(17)20)12-8-6-5-7-9-12/h5-9H,3-4,10H2,1-2H3. The minimum Gasteiger partial charge on any atom is -0.268 e. The molecule has 1 aromatic carbocycles. The summed E-state index contributed by atoms with van der Waals surface area (Å²) in [6, 6.07) is 9.35. The van der Waals surface area contributed by atoms with E-state index in [1.807, 2.05) is 37.3 Å². The Bertz CT molecular complexity index is 717. The van der Waals surface area contributed by atoms with Crippen LogP contribution in [0.25, 0.3) is 5.69 Å². The predicted molar refractivity (Wildman–Crippen MR) is 83.6 cm³/mol. The zero-order valence-corrected chi connectivity index (χ0v) is 13.2. The SMILES string of the molecule is CCCCn1c(=O)c(Br)c(C)n(-c2ccccc2)c1=O. The van der Waals surface area contributed by atoms with Crippen LogP contribution >= 0.6 is 15.9 Å². The van der Waals surface area contributed by atoms with E-state index in [2.05, 4.69) is 15.9 Å². The molecule has 0 aliphatic rings. The van der Waals surface area contributed by atoms with Crippen molar-refractivity contribution in [3.8, 4) is 5.69 Å². The van der Waals surface area contributed by atoms with Gasteiger partial charge in [0.25, 0.3) is 5.56 Å². The highest BCUT2D eigenvalue weighted by Crippen LogP contribution is 2.13. The average Bonchev–Trinajstić information content (AvgIpc) is 2.46. The molecular weight excluding hydrogens is 320 g/mol. The Kier molecular flexibility index (Phi) is 4.60. The van der Waals surface area contributed by atoms with Gasteiger partial charge in [-0.1, -0.05) is 31.5 Å². The number of hydrogen-bond acceptors (Lipinski definition) is 2. The maximum absolute atomic E-state index is 12.6. The van der Waals surface area contributed by atoms with Gasteiger partial charge in [0.15, 0.2) is 0 Å². The van der Waals surface area contributed by atoms with Crippen molar-refractivity contribution in [3.05, 3.63) is 61.3 Å². The summed E-state index contributed by atoms with van der Waals surface area (Å²) in [5.41, 5.74) is 0.850. The molecular formula is C15H17BrN2O2. The predicted octanol–water partition coefficient (Wildman–Crippen LogP) is 2.87. The van der Waals surface area contributed by atoms with Crippen molar-refractivity contribution >= 4 is 15.9 Å². The molecule has 0 spiro atoms. The number of unbranched alkanes of at least 4 members (excludes halogenated alkanes) is 1. The molecule has 106 valence electrons. The first-order valence-electron chi connectivity index (χ1n) is 6.65. The largest absolute Gasteiger partial charge is 0.335 e. The summed E-state index contributed by atoms with van der Waals surface area (Å²) in [6.07, 6.45) is 1.74. The van der Waals surface area contributed by atoms with Gasteiger partial charge < -0.3 is 0 Å². The molecule has 5 heteroatoms. The summed E-state index contributed by atoms with van der Waals surface area (Å²) in [5, 5.41) is 0. The van der Waals surface area contributed by atoms with Crippen LogP contribution in [-0.4, -0.2) is 9.13 Å². The average molecular weight is 337 g/mol. The lowest BCUT2D eigenvalue weighted by Gasteiger charge is -2.14. The van der Waals surface area contributed by atoms with Crippen LogP contribution < -0.4 is 11.2 Å². The summed E-state index contributed by atoms with van der Waals surface area (Å²) in [5.74, 6) is 0. The third-order valence-corrected chi connectivity index (χ3v) is 4.17. The smallest absolute Gasteiger partial charge is 0.268 e. The zero-order valence-electron chi connectivity index (χ0n) is 11.6. The molecule has 0 aliphatic heterocycles. The van der Waals surface area contributed by atoms with E-state index in [1.165, 1.54) is 4.57 Å². The Morgan fingerprint density at radius 2 is 1.80 bits per heavy atom. The van der Waals surface area contributed by atoms with Gasteiger partial charge in [-0.2, -0.15) is 0 Å². The summed E-state index contributed by atoms with van der Waals surface area (Å²) in [6.45, 7) is 4.24. The Morgan fingerprint density at radius 3 is 2.40 bits per heavy atom. The van der Waals surface area contributed by atoms with Crippen LogP contribution in [0.2, 0.25) is 0 Å². The number of halogens is 1. The Balaban J connectivity index is 2.73. The van der Waals surface area contributed by atoms with Crippen LogP contribution in [0.4, 0.5) is 0 Å². The van der Waals surface area contributed by atoms with E-state index in [1.54, 1.807) is 11.5 Å². The van der Waals surface area contributed by atoms with Crippen molar-refractivity contribution in [1.82, 2.24) is 9.13 Å². The van der Waals surface area contributed by atoms with E-state index >= 15 is 0 Å². The molecule has 0 N–H and O–H groups in total. The highest BCUT2D eigenvalue weighted by molar-refractivity contribution is 9.10. The van der Waals surface area contributed by atoms with Gasteiger partial charge in [-0.15, -0.1) is 0 Å². The van der Waals surface area contributed by atoms with Gasteiger partial charge in [-0.05, 0) is 41.4 Å². The molecule has 2 rings (SSSR count). The molecule has 2 aromatic rings. The van der Waals surface area contributed by atoms with Gasteiger partial charge in [0, 0.05) is 12.2 Å². The number of benzene rings is 1. The maximum Gasteiger partial charge on any atom is 0.335 e. The van der Waals surface area contributed by atoms with Crippen molar-refractivity contribution < 1.29 is 0 Å². The highest BCUT2D eigenvalue weighted by Gasteiger charge is 2.15. The molecule has 0 unspecified atom stereocenters. The second-order valence-electron chi connectivity index (χ2n) is 4.66. The topological polar surface area (TPSA) is 44.0 Å². The zero-order chi connectivity index (χ0) is 14.7. The molecule has 0 aliphatic carbocycles. The third-order valence-electron chi connectivity index (χ3n) is 3.26. The number of hydrogen-bond donors (Lipinski definition) is 0. The lowest BCUT2D eigenvalue weighted by atomic mass is 10.3. The molecule has 0 fully saturated rings. The van der Waals surface area contributed by atoms with Crippen LogP contribution in [0.5, 0.6) is 0 Å². The number of para-hydroxylation sites is 1.